The zero-order valence-corrected chi connectivity index (χ0v) is 7.38. The predicted octanol–water partition coefficient (Wildman–Crippen LogP) is 0.627. The van der Waals surface area contributed by atoms with Crippen molar-refractivity contribution in [3.8, 4) is 0 Å². The van der Waals surface area contributed by atoms with Gasteiger partial charge in [0.1, 0.15) is 11.8 Å². The number of hydrogen-bond acceptors (Lipinski definition) is 3. The van der Waals surface area contributed by atoms with Crippen molar-refractivity contribution in [3.05, 3.63) is 0 Å². The van der Waals surface area contributed by atoms with Gasteiger partial charge >= 0.3 is 0 Å². The number of aliphatic hydroxyl groups is 1. The van der Waals surface area contributed by atoms with Gasteiger partial charge in [-0.05, 0) is 12.8 Å². The Morgan fingerprint density at radius 1 is 1.25 bits per heavy atom. The SMILES string of the molecule is OC1NCCOC12CCCCC2. The number of hydrogen-bond donors (Lipinski definition) is 2. The van der Waals surface area contributed by atoms with Crippen LogP contribution in [0.15, 0.2) is 0 Å². The quantitative estimate of drug-likeness (QED) is 0.561. The minimum Gasteiger partial charge on any atom is -0.376 e. The highest BCUT2D eigenvalue weighted by Gasteiger charge is 2.41. The summed E-state index contributed by atoms with van der Waals surface area (Å²) < 4.78 is 5.71. The third-order valence-electron chi connectivity index (χ3n) is 3.03. The van der Waals surface area contributed by atoms with E-state index in [1.165, 1.54) is 19.3 Å². The van der Waals surface area contributed by atoms with Gasteiger partial charge in [0.15, 0.2) is 0 Å². The lowest BCUT2D eigenvalue weighted by molar-refractivity contribution is -0.176. The highest BCUT2D eigenvalue weighted by Crippen LogP contribution is 2.34. The largest absolute Gasteiger partial charge is 0.376 e. The van der Waals surface area contributed by atoms with Crippen molar-refractivity contribution in [1.82, 2.24) is 5.32 Å². The Kier molecular flexibility index (Phi) is 2.35. The molecular weight excluding hydrogens is 154 g/mol. The molecule has 2 fully saturated rings. The summed E-state index contributed by atoms with van der Waals surface area (Å²) in [6.45, 7) is 1.53. The average molecular weight is 171 g/mol. The van der Waals surface area contributed by atoms with Crippen molar-refractivity contribution in [2.75, 3.05) is 13.2 Å². The second kappa shape index (κ2) is 3.32. The molecule has 1 heterocycles. The van der Waals surface area contributed by atoms with E-state index in [4.69, 9.17) is 4.74 Å². The van der Waals surface area contributed by atoms with Crippen LogP contribution in [0.25, 0.3) is 0 Å². The molecule has 3 nitrogen and oxygen atoms in total. The Morgan fingerprint density at radius 3 is 2.67 bits per heavy atom. The van der Waals surface area contributed by atoms with Gasteiger partial charge in [-0.2, -0.15) is 0 Å². The summed E-state index contributed by atoms with van der Waals surface area (Å²) in [4.78, 5) is 0. The van der Waals surface area contributed by atoms with Gasteiger partial charge in [0.05, 0.1) is 6.61 Å². The van der Waals surface area contributed by atoms with Crippen molar-refractivity contribution in [3.63, 3.8) is 0 Å². The highest BCUT2D eigenvalue weighted by molar-refractivity contribution is 4.92. The van der Waals surface area contributed by atoms with Crippen LogP contribution in [-0.4, -0.2) is 30.1 Å². The first-order valence-corrected chi connectivity index (χ1v) is 4.89. The van der Waals surface area contributed by atoms with E-state index in [0.717, 1.165) is 26.0 Å². The van der Waals surface area contributed by atoms with Gasteiger partial charge in [-0.15, -0.1) is 0 Å². The number of morpholine rings is 1. The molecule has 1 saturated carbocycles. The van der Waals surface area contributed by atoms with Gasteiger partial charge in [0.2, 0.25) is 0 Å². The summed E-state index contributed by atoms with van der Waals surface area (Å²) in [5.41, 5.74) is -0.240. The number of rotatable bonds is 0. The zero-order valence-electron chi connectivity index (χ0n) is 7.38. The van der Waals surface area contributed by atoms with Crippen LogP contribution in [0.2, 0.25) is 0 Å². The molecule has 0 radical (unpaired) electrons. The van der Waals surface area contributed by atoms with E-state index in [9.17, 15) is 5.11 Å². The first-order valence-electron chi connectivity index (χ1n) is 4.89. The Labute approximate surface area is 73.1 Å². The molecule has 2 rings (SSSR count). The van der Waals surface area contributed by atoms with Gasteiger partial charge in [0.25, 0.3) is 0 Å². The maximum absolute atomic E-state index is 9.75. The third-order valence-corrected chi connectivity index (χ3v) is 3.03. The van der Waals surface area contributed by atoms with Gasteiger partial charge < -0.3 is 9.84 Å². The summed E-state index contributed by atoms with van der Waals surface area (Å²) in [5.74, 6) is 0. The predicted molar refractivity (Wildman–Crippen MR) is 45.8 cm³/mol. The summed E-state index contributed by atoms with van der Waals surface area (Å²) in [7, 11) is 0. The maximum atomic E-state index is 9.75. The van der Waals surface area contributed by atoms with Crippen molar-refractivity contribution >= 4 is 0 Å². The molecule has 1 aliphatic heterocycles. The Hall–Kier alpha value is -0.120. The second-order valence-electron chi connectivity index (χ2n) is 3.83. The fraction of sp³-hybridized carbons (Fsp3) is 1.00. The number of aliphatic hydroxyl groups excluding tert-OH is 1. The molecule has 70 valence electrons. The molecule has 2 aliphatic rings. The summed E-state index contributed by atoms with van der Waals surface area (Å²) in [6, 6.07) is 0. The van der Waals surface area contributed by atoms with Crippen LogP contribution in [0.5, 0.6) is 0 Å². The fourth-order valence-electron chi connectivity index (χ4n) is 2.28. The standard InChI is InChI=1S/C9H17NO2/c11-8-9(12-7-6-10-8)4-2-1-3-5-9/h8,10-11H,1-7H2. The molecule has 12 heavy (non-hydrogen) atoms. The van der Waals surface area contributed by atoms with E-state index in [2.05, 4.69) is 5.32 Å². The molecule has 0 aromatic heterocycles. The molecule has 0 aromatic rings. The summed E-state index contributed by atoms with van der Waals surface area (Å²) in [5, 5.41) is 12.8. The molecular formula is C9H17NO2. The molecule has 0 aromatic carbocycles. The van der Waals surface area contributed by atoms with Crippen molar-refractivity contribution in [2.45, 2.75) is 43.9 Å². The van der Waals surface area contributed by atoms with Crippen LogP contribution in [0.1, 0.15) is 32.1 Å². The summed E-state index contributed by atoms with van der Waals surface area (Å²) in [6.07, 6.45) is 5.27. The normalized spacial score (nSPS) is 35.2. The van der Waals surface area contributed by atoms with Gasteiger partial charge in [-0.3, -0.25) is 5.32 Å². The molecule has 1 atom stereocenters. The van der Waals surface area contributed by atoms with E-state index >= 15 is 0 Å². The molecule has 1 saturated heterocycles. The molecule has 2 N–H and O–H groups in total. The molecule has 1 spiro atoms. The van der Waals surface area contributed by atoms with Crippen LogP contribution in [0.3, 0.4) is 0 Å². The van der Waals surface area contributed by atoms with Crippen molar-refractivity contribution in [1.29, 1.82) is 0 Å². The van der Waals surface area contributed by atoms with Crippen LogP contribution in [0.4, 0.5) is 0 Å². The lowest BCUT2D eigenvalue weighted by Gasteiger charge is -2.44. The number of ether oxygens (including phenoxy) is 1. The number of nitrogens with one attached hydrogen (secondary N) is 1. The monoisotopic (exact) mass is 171 g/mol. The second-order valence-corrected chi connectivity index (χ2v) is 3.83. The van der Waals surface area contributed by atoms with Gasteiger partial charge in [-0.25, -0.2) is 0 Å². The smallest absolute Gasteiger partial charge is 0.134 e. The first kappa shape index (κ1) is 8.48. The minimum atomic E-state index is -0.438. The van der Waals surface area contributed by atoms with Crippen LogP contribution < -0.4 is 5.32 Å². The highest BCUT2D eigenvalue weighted by atomic mass is 16.5. The Bertz CT molecular complexity index is 146. The molecule has 0 bridgehead atoms. The molecule has 1 unspecified atom stereocenters. The van der Waals surface area contributed by atoms with E-state index in [1.54, 1.807) is 0 Å². The lowest BCUT2D eigenvalue weighted by atomic mass is 9.82. The average Bonchev–Trinajstić information content (AvgIpc) is 2.12. The van der Waals surface area contributed by atoms with Crippen LogP contribution >= 0.6 is 0 Å². The first-order chi connectivity index (χ1) is 5.83. The Balaban J connectivity index is 2.04. The van der Waals surface area contributed by atoms with Crippen molar-refractivity contribution < 1.29 is 9.84 Å². The molecule has 0 amide bonds. The van der Waals surface area contributed by atoms with Gasteiger partial charge in [0, 0.05) is 6.54 Å². The molecule has 3 heteroatoms. The van der Waals surface area contributed by atoms with Crippen LogP contribution in [0, 0.1) is 0 Å². The lowest BCUT2D eigenvalue weighted by Crippen LogP contribution is -2.58. The van der Waals surface area contributed by atoms with E-state index in [0.29, 0.717) is 0 Å². The minimum absolute atomic E-state index is 0.240. The summed E-state index contributed by atoms with van der Waals surface area (Å²) >= 11 is 0. The topological polar surface area (TPSA) is 41.5 Å². The third kappa shape index (κ3) is 1.37. The van der Waals surface area contributed by atoms with Crippen molar-refractivity contribution in [2.24, 2.45) is 0 Å². The Morgan fingerprint density at radius 2 is 2.00 bits per heavy atom. The van der Waals surface area contributed by atoms with Gasteiger partial charge in [-0.1, -0.05) is 19.3 Å². The van der Waals surface area contributed by atoms with E-state index in [1.807, 2.05) is 0 Å². The van der Waals surface area contributed by atoms with E-state index in [-0.39, 0.29) is 5.60 Å². The van der Waals surface area contributed by atoms with E-state index < -0.39 is 6.23 Å². The van der Waals surface area contributed by atoms with Crippen LogP contribution in [-0.2, 0) is 4.74 Å². The molecule has 1 aliphatic carbocycles. The fourth-order valence-corrected chi connectivity index (χ4v) is 2.28. The zero-order chi connectivity index (χ0) is 8.44. The maximum Gasteiger partial charge on any atom is 0.134 e.